The quantitative estimate of drug-likeness (QED) is 0.275. The Balaban J connectivity index is 2.67. The standard InChI is InChI=1S/C22H29ClN2O4S/c1-5-13-30-21-24-14-18(25(21)15-16-11-9-10-12-17(16)23)22(6-2,19(26)28-7-3)20(27)29-8-4/h9-12,14H,5-8,13,15H2,1-4H3. The van der Waals surface area contributed by atoms with E-state index in [4.69, 9.17) is 21.1 Å². The van der Waals surface area contributed by atoms with Gasteiger partial charge in [-0.25, -0.2) is 4.98 Å². The lowest BCUT2D eigenvalue weighted by atomic mass is 9.81. The maximum atomic E-state index is 13.1. The van der Waals surface area contributed by atoms with Gasteiger partial charge in [0, 0.05) is 10.8 Å². The highest BCUT2D eigenvalue weighted by Gasteiger charge is 2.52. The highest BCUT2D eigenvalue weighted by Crippen LogP contribution is 2.35. The molecule has 0 aliphatic heterocycles. The van der Waals surface area contributed by atoms with Gasteiger partial charge in [0.05, 0.1) is 31.6 Å². The summed E-state index contributed by atoms with van der Waals surface area (Å²) in [5.41, 5.74) is -0.263. The summed E-state index contributed by atoms with van der Waals surface area (Å²) < 4.78 is 12.5. The van der Waals surface area contributed by atoms with Crippen molar-refractivity contribution in [1.82, 2.24) is 9.55 Å². The van der Waals surface area contributed by atoms with Gasteiger partial charge in [0.15, 0.2) is 5.16 Å². The number of thioether (sulfide) groups is 1. The Labute approximate surface area is 187 Å². The van der Waals surface area contributed by atoms with Crippen LogP contribution in [0.15, 0.2) is 35.6 Å². The summed E-state index contributed by atoms with van der Waals surface area (Å²) in [6, 6.07) is 7.50. The summed E-state index contributed by atoms with van der Waals surface area (Å²) in [4.78, 5) is 30.8. The van der Waals surface area contributed by atoms with E-state index < -0.39 is 17.4 Å². The van der Waals surface area contributed by atoms with Crippen molar-refractivity contribution in [3.63, 3.8) is 0 Å². The van der Waals surface area contributed by atoms with Crippen molar-refractivity contribution < 1.29 is 19.1 Å². The van der Waals surface area contributed by atoms with Crippen LogP contribution in [0, 0.1) is 0 Å². The van der Waals surface area contributed by atoms with Crippen LogP contribution in [0.3, 0.4) is 0 Å². The molecule has 1 heterocycles. The van der Waals surface area contributed by atoms with Crippen LogP contribution in [0.25, 0.3) is 0 Å². The molecule has 1 aromatic heterocycles. The fourth-order valence-electron chi connectivity index (χ4n) is 3.23. The summed E-state index contributed by atoms with van der Waals surface area (Å²) in [6.07, 6.45) is 2.75. The first kappa shape index (κ1) is 24.3. The van der Waals surface area contributed by atoms with Crippen molar-refractivity contribution >= 4 is 35.3 Å². The summed E-state index contributed by atoms with van der Waals surface area (Å²) in [5, 5.41) is 1.33. The fraction of sp³-hybridized carbons (Fsp3) is 0.500. The number of imidazole rings is 1. The van der Waals surface area contributed by atoms with Crippen LogP contribution in [-0.4, -0.2) is 40.5 Å². The van der Waals surface area contributed by atoms with Crippen LogP contribution in [0.4, 0.5) is 0 Å². The van der Waals surface area contributed by atoms with Crippen LogP contribution >= 0.6 is 23.4 Å². The molecule has 8 heteroatoms. The van der Waals surface area contributed by atoms with Crippen molar-refractivity contribution in [2.75, 3.05) is 19.0 Å². The normalized spacial score (nSPS) is 11.4. The number of carbonyl (C=O) groups is 2. The van der Waals surface area contributed by atoms with Gasteiger partial charge in [0.2, 0.25) is 5.41 Å². The average Bonchev–Trinajstić information content (AvgIpc) is 3.12. The summed E-state index contributed by atoms with van der Waals surface area (Å²) in [7, 11) is 0. The number of hydrogen-bond acceptors (Lipinski definition) is 6. The maximum absolute atomic E-state index is 13.1. The third kappa shape index (κ3) is 5.01. The van der Waals surface area contributed by atoms with Crippen LogP contribution in [0.2, 0.25) is 5.02 Å². The van der Waals surface area contributed by atoms with Crippen molar-refractivity contribution in [1.29, 1.82) is 0 Å². The summed E-state index contributed by atoms with van der Waals surface area (Å²) >= 11 is 7.97. The molecular formula is C22H29ClN2O4S. The van der Waals surface area contributed by atoms with E-state index in [1.807, 2.05) is 28.8 Å². The van der Waals surface area contributed by atoms with E-state index in [2.05, 4.69) is 11.9 Å². The lowest BCUT2D eigenvalue weighted by Crippen LogP contribution is -2.47. The third-order valence-corrected chi connectivity index (χ3v) is 6.32. The minimum absolute atomic E-state index is 0.163. The topological polar surface area (TPSA) is 70.4 Å². The van der Waals surface area contributed by atoms with E-state index in [1.54, 1.807) is 38.7 Å². The molecule has 0 saturated heterocycles. The number of carbonyl (C=O) groups excluding carboxylic acids is 2. The van der Waals surface area contributed by atoms with Gasteiger partial charge < -0.3 is 14.0 Å². The van der Waals surface area contributed by atoms with Gasteiger partial charge >= 0.3 is 11.9 Å². The van der Waals surface area contributed by atoms with E-state index in [0.29, 0.717) is 17.3 Å². The molecule has 0 amide bonds. The number of ether oxygens (including phenoxy) is 2. The van der Waals surface area contributed by atoms with Gasteiger partial charge in [-0.3, -0.25) is 9.59 Å². The van der Waals surface area contributed by atoms with Gasteiger partial charge in [-0.15, -0.1) is 0 Å². The van der Waals surface area contributed by atoms with E-state index >= 15 is 0 Å². The van der Waals surface area contributed by atoms with Crippen LogP contribution in [0.1, 0.15) is 51.8 Å². The zero-order valence-electron chi connectivity index (χ0n) is 17.9. The highest BCUT2D eigenvalue weighted by molar-refractivity contribution is 7.99. The Kier molecular flexibility index (Phi) is 9.24. The molecule has 0 aliphatic rings. The third-order valence-electron chi connectivity index (χ3n) is 4.76. The van der Waals surface area contributed by atoms with Crippen molar-refractivity contribution in [2.24, 2.45) is 0 Å². The van der Waals surface area contributed by atoms with E-state index in [-0.39, 0.29) is 19.6 Å². The van der Waals surface area contributed by atoms with Crippen LogP contribution < -0.4 is 0 Å². The number of aromatic nitrogens is 2. The minimum atomic E-state index is -1.59. The molecule has 0 aliphatic carbocycles. The molecule has 2 aromatic rings. The van der Waals surface area contributed by atoms with Crippen molar-refractivity contribution in [3.05, 3.63) is 46.7 Å². The lowest BCUT2D eigenvalue weighted by molar-refractivity contribution is -0.165. The molecule has 0 atom stereocenters. The molecule has 0 bridgehead atoms. The van der Waals surface area contributed by atoms with Crippen LogP contribution in [-0.2, 0) is 31.0 Å². The molecule has 0 fully saturated rings. The summed E-state index contributed by atoms with van der Waals surface area (Å²) in [6.45, 7) is 8.00. The predicted molar refractivity (Wildman–Crippen MR) is 119 cm³/mol. The molecular weight excluding hydrogens is 424 g/mol. The Morgan fingerprint density at radius 3 is 2.27 bits per heavy atom. The second-order valence-corrected chi connectivity index (χ2v) is 8.12. The van der Waals surface area contributed by atoms with Gasteiger partial charge in [-0.2, -0.15) is 0 Å². The van der Waals surface area contributed by atoms with Crippen LogP contribution in [0.5, 0.6) is 0 Å². The molecule has 0 N–H and O–H groups in total. The van der Waals surface area contributed by atoms with Crippen molar-refractivity contribution in [3.8, 4) is 0 Å². The number of benzene rings is 1. The fourth-order valence-corrected chi connectivity index (χ4v) is 4.26. The van der Waals surface area contributed by atoms with Gasteiger partial charge in [-0.1, -0.05) is 55.4 Å². The molecule has 30 heavy (non-hydrogen) atoms. The first-order valence-corrected chi connectivity index (χ1v) is 11.6. The molecule has 6 nitrogen and oxygen atoms in total. The average molecular weight is 453 g/mol. The molecule has 2 rings (SSSR count). The minimum Gasteiger partial charge on any atom is -0.465 e. The number of esters is 2. The Bertz CT molecular complexity index is 851. The maximum Gasteiger partial charge on any atom is 0.329 e. The zero-order chi connectivity index (χ0) is 22.1. The number of nitrogens with zero attached hydrogens (tertiary/aromatic N) is 2. The molecule has 1 aromatic carbocycles. The zero-order valence-corrected chi connectivity index (χ0v) is 19.5. The smallest absolute Gasteiger partial charge is 0.329 e. The van der Waals surface area contributed by atoms with Gasteiger partial charge in [0.25, 0.3) is 0 Å². The molecule has 0 unspecified atom stereocenters. The largest absolute Gasteiger partial charge is 0.465 e. The Hall–Kier alpha value is -1.99. The number of rotatable bonds is 11. The molecule has 0 radical (unpaired) electrons. The molecule has 164 valence electrons. The van der Waals surface area contributed by atoms with E-state index in [0.717, 1.165) is 22.9 Å². The predicted octanol–water partition coefficient (Wildman–Crippen LogP) is 4.86. The number of halogens is 1. The number of hydrogen-bond donors (Lipinski definition) is 0. The summed E-state index contributed by atoms with van der Waals surface area (Å²) in [5.74, 6) is -0.395. The van der Waals surface area contributed by atoms with E-state index in [1.165, 1.54) is 0 Å². The monoisotopic (exact) mass is 452 g/mol. The Morgan fingerprint density at radius 2 is 1.73 bits per heavy atom. The SMILES string of the molecule is CCCSc1ncc(C(CC)(C(=O)OCC)C(=O)OCC)n1Cc1ccccc1Cl. The van der Waals surface area contributed by atoms with Gasteiger partial charge in [0.1, 0.15) is 0 Å². The van der Waals surface area contributed by atoms with E-state index in [9.17, 15) is 9.59 Å². The first-order valence-electron chi connectivity index (χ1n) is 10.2. The second-order valence-electron chi connectivity index (χ2n) is 6.65. The molecule has 0 saturated carbocycles. The first-order chi connectivity index (χ1) is 14.5. The van der Waals surface area contributed by atoms with Crippen molar-refractivity contribution in [2.45, 2.75) is 57.7 Å². The second kappa shape index (κ2) is 11.4. The van der Waals surface area contributed by atoms with Gasteiger partial charge in [-0.05, 0) is 38.3 Å². The lowest BCUT2D eigenvalue weighted by Gasteiger charge is -2.29. The molecule has 0 spiro atoms. The highest BCUT2D eigenvalue weighted by atomic mass is 35.5. The Morgan fingerprint density at radius 1 is 1.10 bits per heavy atom.